The van der Waals surface area contributed by atoms with Gasteiger partial charge in [0, 0.05) is 5.25 Å². The average molecular weight is 247 g/mol. The zero-order valence-electron chi connectivity index (χ0n) is 10.3. The maximum Gasteiger partial charge on any atom is 0.140 e. The van der Waals surface area contributed by atoms with E-state index in [1.54, 1.807) is 16.4 Å². The molecule has 0 spiro atoms. The Morgan fingerprint density at radius 3 is 2.47 bits per heavy atom. The van der Waals surface area contributed by atoms with E-state index in [1.165, 1.54) is 5.56 Å². The van der Waals surface area contributed by atoms with Crippen molar-refractivity contribution in [3.05, 3.63) is 36.0 Å². The number of nitrogens with two attached hydrogens (primary N) is 1. The van der Waals surface area contributed by atoms with Crippen molar-refractivity contribution in [1.82, 2.24) is 9.78 Å². The van der Waals surface area contributed by atoms with E-state index in [9.17, 15) is 0 Å². The molecule has 0 aliphatic carbocycles. The summed E-state index contributed by atoms with van der Waals surface area (Å²) in [7, 11) is 0. The Bertz CT molecular complexity index is 500. The predicted molar refractivity (Wildman–Crippen MR) is 73.7 cm³/mol. The summed E-state index contributed by atoms with van der Waals surface area (Å²) >= 11 is 1.74. The highest BCUT2D eigenvalue weighted by Gasteiger charge is 2.10. The van der Waals surface area contributed by atoms with Gasteiger partial charge in [0.25, 0.3) is 0 Å². The lowest BCUT2D eigenvalue weighted by atomic mass is 10.2. The van der Waals surface area contributed by atoms with Gasteiger partial charge in [-0.25, -0.2) is 4.68 Å². The SMILES string of the molecule is Cc1ccc(-n2ncc(SC(C)C)c2N)cc1. The molecular weight excluding hydrogens is 230 g/mol. The van der Waals surface area contributed by atoms with E-state index in [1.807, 2.05) is 18.3 Å². The summed E-state index contributed by atoms with van der Waals surface area (Å²) in [6.45, 7) is 6.36. The first-order chi connectivity index (χ1) is 8.08. The molecule has 0 aliphatic heterocycles. The van der Waals surface area contributed by atoms with Crippen LogP contribution < -0.4 is 5.73 Å². The number of nitrogen functional groups attached to an aromatic ring is 1. The minimum absolute atomic E-state index is 0.507. The van der Waals surface area contributed by atoms with Crippen LogP contribution in [-0.2, 0) is 0 Å². The third-order valence-electron chi connectivity index (χ3n) is 2.41. The molecule has 17 heavy (non-hydrogen) atoms. The van der Waals surface area contributed by atoms with Gasteiger partial charge in [0.15, 0.2) is 0 Å². The zero-order chi connectivity index (χ0) is 12.4. The highest BCUT2D eigenvalue weighted by molar-refractivity contribution is 8.00. The number of hydrogen-bond donors (Lipinski definition) is 1. The maximum absolute atomic E-state index is 6.10. The van der Waals surface area contributed by atoms with Gasteiger partial charge in [-0.15, -0.1) is 11.8 Å². The monoisotopic (exact) mass is 247 g/mol. The second-order valence-corrected chi connectivity index (χ2v) is 5.93. The summed E-state index contributed by atoms with van der Waals surface area (Å²) in [6.07, 6.45) is 1.83. The van der Waals surface area contributed by atoms with E-state index in [4.69, 9.17) is 5.73 Å². The molecule has 2 N–H and O–H groups in total. The Morgan fingerprint density at radius 1 is 1.24 bits per heavy atom. The summed E-state index contributed by atoms with van der Waals surface area (Å²) in [5.74, 6) is 0.715. The number of benzene rings is 1. The molecule has 3 nitrogen and oxygen atoms in total. The van der Waals surface area contributed by atoms with Gasteiger partial charge in [-0.3, -0.25) is 0 Å². The molecule has 0 fully saturated rings. The standard InChI is InChI=1S/C13H17N3S/c1-9(2)17-12-8-15-16(13(12)14)11-6-4-10(3)5-7-11/h4-9H,14H2,1-3H3. The normalized spacial score (nSPS) is 11.1. The number of hydrogen-bond acceptors (Lipinski definition) is 3. The van der Waals surface area contributed by atoms with Crippen LogP contribution in [0.1, 0.15) is 19.4 Å². The fraction of sp³-hybridized carbons (Fsp3) is 0.308. The number of anilines is 1. The van der Waals surface area contributed by atoms with Crippen LogP contribution in [0.2, 0.25) is 0 Å². The van der Waals surface area contributed by atoms with Gasteiger partial charge in [-0.1, -0.05) is 31.5 Å². The molecule has 0 aliphatic rings. The quantitative estimate of drug-likeness (QED) is 0.847. The maximum atomic E-state index is 6.10. The average Bonchev–Trinajstić information content (AvgIpc) is 2.61. The number of nitrogens with zero attached hydrogens (tertiary/aromatic N) is 2. The fourth-order valence-corrected chi connectivity index (χ4v) is 2.40. The molecule has 0 unspecified atom stereocenters. The van der Waals surface area contributed by atoms with Crippen molar-refractivity contribution < 1.29 is 0 Å². The van der Waals surface area contributed by atoms with Gasteiger partial charge in [-0.2, -0.15) is 5.10 Å². The van der Waals surface area contributed by atoms with Crippen LogP contribution in [0.4, 0.5) is 5.82 Å². The van der Waals surface area contributed by atoms with E-state index in [-0.39, 0.29) is 0 Å². The van der Waals surface area contributed by atoms with E-state index >= 15 is 0 Å². The summed E-state index contributed by atoms with van der Waals surface area (Å²) in [6, 6.07) is 8.18. The molecule has 2 aromatic rings. The van der Waals surface area contributed by atoms with Crippen molar-refractivity contribution >= 4 is 17.6 Å². The molecule has 0 radical (unpaired) electrons. The lowest BCUT2D eigenvalue weighted by molar-refractivity contribution is 0.890. The second-order valence-electron chi connectivity index (χ2n) is 4.31. The number of aromatic nitrogens is 2. The van der Waals surface area contributed by atoms with Crippen molar-refractivity contribution in [1.29, 1.82) is 0 Å². The van der Waals surface area contributed by atoms with Crippen LogP contribution in [0.15, 0.2) is 35.4 Å². The van der Waals surface area contributed by atoms with E-state index in [2.05, 4.69) is 38.0 Å². The lowest BCUT2D eigenvalue weighted by Crippen LogP contribution is -2.02. The van der Waals surface area contributed by atoms with Crippen LogP contribution in [0, 0.1) is 6.92 Å². The van der Waals surface area contributed by atoms with Gasteiger partial charge in [-0.05, 0) is 19.1 Å². The minimum atomic E-state index is 0.507. The molecule has 1 heterocycles. The molecule has 90 valence electrons. The first-order valence-electron chi connectivity index (χ1n) is 5.65. The van der Waals surface area contributed by atoms with E-state index in [0.717, 1.165) is 10.6 Å². The highest BCUT2D eigenvalue weighted by Crippen LogP contribution is 2.29. The van der Waals surface area contributed by atoms with Crippen molar-refractivity contribution in [3.63, 3.8) is 0 Å². The van der Waals surface area contributed by atoms with Crippen molar-refractivity contribution in [2.75, 3.05) is 5.73 Å². The third kappa shape index (κ3) is 2.64. The van der Waals surface area contributed by atoms with Gasteiger partial charge in [0.05, 0.1) is 16.8 Å². The Hall–Kier alpha value is -1.42. The molecule has 2 rings (SSSR count). The Labute approximate surface area is 106 Å². The summed E-state index contributed by atoms with van der Waals surface area (Å²) in [5, 5.41) is 4.85. The molecule has 1 aromatic carbocycles. The minimum Gasteiger partial charge on any atom is -0.383 e. The third-order valence-corrected chi connectivity index (χ3v) is 3.45. The largest absolute Gasteiger partial charge is 0.383 e. The van der Waals surface area contributed by atoms with Crippen molar-refractivity contribution in [2.45, 2.75) is 30.9 Å². The first kappa shape index (κ1) is 12.0. The number of aryl methyl sites for hydroxylation is 1. The van der Waals surface area contributed by atoms with E-state index < -0.39 is 0 Å². The van der Waals surface area contributed by atoms with Crippen molar-refractivity contribution in [3.8, 4) is 5.69 Å². The smallest absolute Gasteiger partial charge is 0.140 e. The Kier molecular flexibility index (Phi) is 3.43. The van der Waals surface area contributed by atoms with Gasteiger partial charge in [0.2, 0.25) is 0 Å². The summed E-state index contributed by atoms with van der Waals surface area (Å²) in [4.78, 5) is 1.04. The molecule has 0 saturated carbocycles. The Morgan fingerprint density at radius 2 is 1.88 bits per heavy atom. The molecular formula is C13H17N3S. The Balaban J connectivity index is 2.33. The topological polar surface area (TPSA) is 43.8 Å². The lowest BCUT2D eigenvalue weighted by Gasteiger charge is -2.06. The van der Waals surface area contributed by atoms with Gasteiger partial charge in [0.1, 0.15) is 5.82 Å². The highest BCUT2D eigenvalue weighted by atomic mass is 32.2. The van der Waals surface area contributed by atoms with Crippen LogP contribution in [0.3, 0.4) is 0 Å². The van der Waals surface area contributed by atoms with Crippen molar-refractivity contribution in [2.24, 2.45) is 0 Å². The molecule has 0 bridgehead atoms. The van der Waals surface area contributed by atoms with Crippen LogP contribution in [0.5, 0.6) is 0 Å². The molecule has 0 atom stereocenters. The molecule has 4 heteroatoms. The van der Waals surface area contributed by atoms with Crippen LogP contribution >= 0.6 is 11.8 Å². The first-order valence-corrected chi connectivity index (χ1v) is 6.53. The number of thioether (sulfide) groups is 1. The second kappa shape index (κ2) is 4.84. The van der Waals surface area contributed by atoms with Gasteiger partial charge >= 0.3 is 0 Å². The van der Waals surface area contributed by atoms with Gasteiger partial charge < -0.3 is 5.73 Å². The number of rotatable bonds is 3. The summed E-state index contributed by atoms with van der Waals surface area (Å²) < 4.78 is 1.78. The van der Waals surface area contributed by atoms with E-state index in [0.29, 0.717) is 11.1 Å². The molecule has 0 amide bonds. The van der Waals surface area contributed by atoms with Crippen LogP contribution in [0.25, 0.3) is 5.69 Å². The zero-order valence-corrected chi connectivity index (χ0v) is 11.2. The van der Waals surface area contributed by atoms with Crippen LogP contribution in [-0.4, -0.2) is 15.0 Å². The summed E-state index contributed by atoms with van der Waals surface area (Å²) in [5.41, 5.74) is 8.34. The molecule has 0 saturated heterocycles. The fourth-order valence-electron chi connectivity index (χ4n) is 1.58. The predicted octanol–water partition coefficient (Wildman–Crippen LogP) is 3.26. The molecule has 1 aromatic heterocycles.